The molecule has 3 aliphatic heterocycles. The molecule has 0 spiro atoms. The highest BCUT2D eigenvalue weighted by atomic mass is 32.2. The van der Waals surface area contributed by atoms with E-state index in [4.69, 9.17) is 4.74 Å². The summed E-state index contributed by atoms with van der Waals surface area (Å²) < 4.78 is 46.0. The lowest BCUT2D eigenvalue weighted by Gasteiger charge is -2.48. The first-order valence-electron chi connectivity index (χ1n) is 18.4. The summed E-state index contributed by atoms with van der Waals surface area (Å²) in [6.45, 7) is 5.42. The molecular formula is C39H51FN6O5S. The van der Waals surface area contributed by atoms with Crippen LogP contribution in [0.15, 0.2) is 65.6 Å². The third-order valence-electron chi connectivity index (χ3n) is 11.6. The van der Waals surface area contributed by atoms with Crippen molar-refractivity contribution in [2.24, 2.45) is 17.8 Å². The lowest BCUT2D eigenvalue weighted by molar-refractivity contribution is -0.129. The van der Waals surface area contributed by atoms with Crippen LogP contribution in [-0.4, -0.2) is 120 Å². The number of anilines is 1. The Morgan fingerprint density at radius 1 is 1.06 bits per heavy atom. The molecule has 3 unspecified atom stereocenters. The molecule has 11 nitrogen and oxygen atoms in total. The number of nitrogens with one attached hydrogen (secondary N) is 1. The van der Waals surface area contributed by atoms with Gasteiger partial charge >= 0.3 is 6.09 Å². The Labute approximate surface area is 307 Å². The highest BCUT2D eigenvalue weighted by Gasteiger charge is 2.53. The van der Waals surface area contributed by atoms with Crippen molar-refractivity contribution >= 4 is 27.5 Å². The smallest absolute Gasteiger partial charge is 0.407 e. The van der Waals surface area contributed by atoms with E-state index in [1.54, 1.807) is 29.2 Å². The quantitative estimate of drug-likeness (QED) is 0.322. The lowest BCUT2D eigenvalue weighted by Crippen LogP contribution is -2.56. The third-order valence-corrected chi connectivity index (χ3v) is 13.7. The second kappa shape index (κ2) is 15.9. The second-order valence-corrected chi connectivity index (χ2v) is 17.4. The van der Waals surface area contributed by atoms with Gasteiger partial charge in [0.05, 0.1) is 23.5 Å². The number of nitrogens with zero attached hydrogens (tertiary/aromatic N) is 5. The van der Waals surface area contributed by atoms with Gasteiger partial charge in [0.1, 0.15) is 11.1 Å². The van der Waals surface area contributed by atoms with Crippen LogP contribution in [0.1, 0.15) is 37.7 Å². The number of amides is 2. The van der Waals surface area contributed by atoms with E-state index < -0.39 is 26.6 Å². The fourth-order valence-electron chi connectivity index (χ4n) is 8.78. The van der Waals surface area contributed by atoms with Crippen LogP contribution in [0.4, 0.5) is 14.9 Å². The molecular weight excluding hydrogens is 684 g/mol. The lowest BCUT2D eigenvalue weighted by atomic mass is 9.59. The predicted molar refractivity (Wildman–Crippen MR) is 197 cm³/mol. The molecule has 4 fully saturated rings. The van der Waals surface area contributed by atoms with Crippen molar-refractivity contribution in [2.45, 2.75) is 53.7 Å². The number of benzene rings is 2. The number of alkyl carbamates (subject to hydrolysis) is 1. The number of ether oxygens (including phenoxy) is 1. The van der Waals surface area contributed by atoms with Crippen molar-refractivity contribution in [1.82, 2.24) is 20.0 Å². The van der Waals surface area contributed by atoms with Crippen molar-refractivity contribution in [3.8, 4) is 6.07 Å². The summed E-state index contributed by atoms with van der Waals surface area (Å²) in [5.74, 6) is -0.186. The van der Waals surface area contributed by atoms with Gasteiger partial charge in [-0.3, -0.25) is 4.79 Å². The molecule has 1 saturated carbocycles. The van der Waals surface area contributed by atoms with Gasteiger partial charge in [-0.25, -0.2) is 17.6 Å². The number of hydrogen-bond donors (Lipinski definition) is 1. The molecule has 1 N–H and O–H groups in total. The number of methoxy groups -OCH3 is 1. The third kappa shape index (κ3) is 7.84. The number of rotatable bonds is 12. The molecule has 3 heterocycles. The summed E-state index contributed by atoms with van der Waals surface area (Å²) >= 11 is 0. The monoisotopic (exact) mass is 734 g/mol. The van der Waals surface area contributed by atoms with Crippen LogP contribution in [0.5, 0.6) is 0 Å². The van der Waals surface area contributed by atoms with E-state index in [9.17, 15) is 27.7 Å². The van der Waals surface area contributed by atoms with Crippen LogP contribution in [0.3, 0.4) is 0 Å². The van der Waals surface area contributed by atoms with E-state index in [0.29, 0.717) is 18.0 Å². The first-order valence-corrected chi connectivity index (χ1v) is 19.9. The molecule has 3 atom stereocenters. The summed E-state index contributed by atoms with van der Waals surface area (Å²) in [4.78, 5) is 33.1. The van der Waals surface area contributed by atoms with Gasteiger partial charge in [0.2, 0.25) is 5.91 Å². The molecule has 3 saturated heterocycles. The zero-order valence-corrected chi connectivity index (χ0v) is 31.2. The summed E-state index contributed by atoms with van der Waals surface area (Å²) in [6.07, 6.45) is 6.80. The van der Waals surface area contributed by atoms with E-state index in [0.717, 1.165) is 70.5 Å². The van der Waals surface area contributed by atoms with Crippen LogP contribution in [0.2, 0.25) is 0 Å². The Kier molecular flexibility index (Phi) is 11.6. The average Bonchev–Trinajstić information content (AvgIpc) is 3.54. The molecule has 2 aromatic carbocycles. The SMILES string of the molecule is COC(=O)NC1CCCC1C(C#N)(c1cccc(F)c1)C1CCN(CC2CN(c3ccc(S(=O)(=O)C4CN(C(=O)C=CCN(C)C)C4)cc3)C2)CC1. The van der Waals surface area contributed by atoms with Gasteiger partial charge < -0.3 is 29.7 Å². The molecule has 0 radical (unpaired) electrons. The molecule has 0 aromatic heterocycles. The maximum Gasteiger partial charge on any atom is 0.407 e. The highest BCUT2D eigenvalue weighted by molar-refractivity contribution is 7.92. The Morgan fingerprint density at radius 2 is 1.77 bits per heavy atom. The van der Waals surface area contributed by atoms with Crippen LogP contribution in [-0.2, 0) is 24.8 Å². The minimum absolute atomic E-state index is 0.0155. The Bertz CT molecular complexity index is 1760. The topological polar surface area (TPSA) is 126 Å². The average molecular weight is 735 g/mol. The van der Waals surface area contributed by atoms with Crippen molar-refractivity contribution in [3.63, 3.8) is 0 Å². The van der Waals surface area contributed by atoms with Gasteiger partial charge in [0, 0.05) is 68.9 Å². The number of carbonyl (C=O) groups excluding carboxylic acids is 2. The number of nitriles is 1. The van der Waals surface area contributed by atoms with Gasteiger partial charge in [0.25, 0.3) is 0 Å². The van der Waals surface area contributed by atoms with E-state index in [1.165, 1.54) is 25.3 Å². The predicted octanol–water partition coefficient (Wildman–Crippen LogP) is 4.06. The van der Waals surface area contributed by atoms with Crippen molar-refractivity contribution < 1.29 is 27.1 Å². The standard InChI is InChI=1S/C39H51FN6O5S/c1-43(2)18-6-11-37(47)46-25-34(26-46)52(49,50)33-14-12-32(13-15-33)45-23-28(24-45)22-44-19-16-29(17-20-44)39(27-41,30-7-4-8-31(40)21-30)35-9-5-10-36(35)42-38(48)51-3/h4,6-8,11-15,21,28-29,34-36H,5,9-10,16-20,22-26H2,1-3H3,(H,42,48). The van der Waals surface area contributed by atoms with Crippen LogP contribution < -0.4 is 10.2 Å². The number of carbonyl (C=O) groups is 2. The first-order chi connectivity index (χ1) is 24.9. The second-order valence-electron chi connectivity index (χ2n) is 15.2. The van der Waals surface area contributed by atoms with Crippen molar-refractivity contribution in [1.29, 1.82) is 5.26 Å². The number of halogens is 1. The van der Waals surface area contributed by atoms with Crippen LogP contribution in [0.25, 0.3) is 0 Å². The van der Waals surface area contributed by atoms with Crippen molar-refractivity contribution in [2.75, 3.05) is 78.5 Å². The molecule has 0 bridgehead atoms. The largest absolute Gasteiger partial charge is 0.453 e. The number of piperidine rings is 1. The molecule has 2 amide bonds. The first kappa shape index (κ1) is 37.8. The molecule has 52 heavy (non-hydrogen) atoms. The van der Waals surface area contributed by atoms with Gasteiger partial charge in [0.15, 0.2) is 9.84 Å². The van der Waals surface area contributed by atoms with Crippen LogP contribution in [0, 0.1) is 34.9 Å². The molecule has 1 aliphatic carbocycles. The fraction of sp³-hybridized carbons (Fsp3) is 0.564. The van der Waals surface area contributed by atoms with Gasteiger partial charge in [-0.1, -0.05) is 24.6 Å². The summed E-state index contributed by atoms with van der Waals surface area (Å²) in [5.41, 5.74) is 0.756. The molecule has 13 heteroatoms. The van der Waals surface area contributed by atoms with Gasteiger partial charge in [-0.15, -0.1) is 0 Å². The molecule has 280 valence electrons. The van der Waals surface area contributed by atoms with E-state index >= 15 is 0 Å². The highest BCUT2D eigenvalue weighted by Crippen LogP contribution is 2.50. The van der Waals surface area contributed by atoms with Gasteiger partial charge in [-0.2, -0.15) is 5.26 Å². The maximum atomic E-state index is 14.6. The van der Waals surface area contributed by atoms with Crippen LogP contribution >= 0.6 is 0 Å². The fourth-order valence-corrected chi connectivity index (χ4v) is 10.4. The van der Waals surface area contributed by atoms with E-state index in [1.807, 2.05) is 37.2 Å². The number of likely N-dealkylation sites (tertiary alicyclic amines) is 2. The zero-order valence-electron chi connectivity index (χ0n) is 30.4. The zero-order chi connectivity index (χ0) is 37.0. The number of sulfone groups is 1. The summed E-state index contributed by atoms with van der Waals surface area (Å²) in [6, 6.07) is 16.0. The Morgan fingerprint density at radius 3 is 2.40 bits per heavy atom. The molecule has 4 aliphatic rings. The minimum Gasteiger partial charge on any atom is -0.453 e. The summed E-state index contributed by atoms with van der Waals surface area (Å²) in [7, 11) is 1.64. The number of hydrogen-bond acceptors (Lipinski definition) is 9. The summed E-state index contributed by atoms with van der Waals surface area (Å²) in [5, 5.41) is 13.3. The van der Waals surface area contributed by atoms with E-state index in [-0.39, 0.29) is 47.6 Å². The van der Waals surface area contributed by atoms with E-state index in [2.05, 4.69) is 21.2 Å². The Hall–Kier alpha value is -3.99. The molecule has 2 aromatic rings. The Balaban J connectivity index is 1.01. The minimum atomic E-state index is -3.53. The van der Waals surface area contributed by atoms with Gasteiger partial charge in [-0.05, 0) is 101 Å². The maximum absolute atomic E-state index is 14.6. The van der Waals surface area contributed by atoms with Crippen molar-refractivity contribution in [3.05, 3.63) is 72.1 Å². The number of likely N-dealkylation sites (N-methyl/N-ethyl adjacent to an activating group) is 1. The normalized spacial score (nSPS) is 23.2. The molecule has 6 rings (SSSR count).